The Morgan fingerprint density at radius 1 is 1.47 bits per heavy atom. The van der Waals surface area contributed by atoms with Gasteiger partial charge in [-0.15, -0.1) is 12.3 Å². The molecule has 0 bridgehead atoms. The summed E-state index contributed by atoms with van der Waals surface area (Å²) in [6.07, 6.45) is 10.7. The molecule has 0 aliphatic heterocycles. The maximum atomic E-state index is 5.17. The van der Waals surface area contributed by atoms with Crippen LogP contribution in [0.4, 0.5) is 5.82 Å². The average molecular weight is 203 g/mol. The van der Waals surface area contributed by atoms with Crippen LogP contribution in [0.1, 0.15) is 31.9 Å². The lowest BCUT2D eigenvalue weighted by Gasteiger charge is -2.05. The van der Waals surface area contributed by atoms with Crippen LogP contribution >= 0.6 is 0 Å². The Labute approximate surface area is 91.3 Å². The van der Waals surface area contributed by atoms with E-state index in [-0.39, 0.29) is 0 Å². The summed E-state index contributed by atoms with van der Waals surface area (Å²) in [6, 6.07) is 2.00. The molecule has 0 saturated carbocycles. The van der Waals surface area contributed by atoms with Crippen molar-refractivity contribution in [3.8, 4) is 12.3 Å². The van der Waals surface area contributed by atoms with E-state index in [1.807, 2.05) is 6.07 Å². The molecule has 3 nitrogen and oxygen atoms in total. The third-order valence-corrected chi connectivity index (χ3v) is 2.03. The summed E-state index contributed by atoms with van der Waals surface area (Å²) in [7, 11) is 0. The van der Waals surface area contributed by atoms with Crippen molar-refractivity contribution in [3.63, 3.8) is 0 Å². The first-order valence-corrected chi connectivity index (χ1v) is 5.35. The van der Waals surface area contributed by atoms with Gasteiger partial charge in [0.2, 0.25) is 0 Å². The van der Waals surface area contributed by atoms with Crippen LogP contribution in [0.25, 0.3) is 0 Å². The molecular weight excluding hydrogens is 186 g/mol. The van der Waals surface area contributed by atoms with Gasteiger partial charge in [0.25, 0.3) is 0 Å². The number of hydrogen-bond donors (Lipinski definition) is 1. The van der Waals surface area contributed by atoms with Crippen molar-refractivity contribution >= 4 is 5.82 Å². The second-order valence-electron chi connectivity index (χ2n) is 3.38. The van der Waals surface area contributed by atoms with Gasteiger partial charge in [-0.05, 0) is 12.8 Å². The lowest BCUT2D eigenvalue weighted by atomic mass is 10.2. The fourth-order valence-electron chi connectivity index (χ4n) is 1.29. The van der Waals surface area contributed by atoms with Crippen LogP contribution in [-0.2, 0) is 6.42 Å². The van der Waals surface area contributed by atoms with Crippen molar-refractivity contribution in [2.24, 2.45) is 0 Å². The number of terminal acetylenes is 1. The molecule has 0 spiro atoms. The zero-order valence-electron chi connectivity index (χ0n) is 9.16. The highest BCUT2D eigenvalue weighted by atomic mass is 15.0. The molecule has 0 atom stereocenters. The maximum absolute atomic E-state index is 5.17. The number of aromatic nitrogens is 2. The van der Waals surface area contributed by atoms with Gasteiger partial charge in [-0.25, -0.2) is 9.97 Å². The Morgan fingerprint density at radius 3 is 3.07 bits per heavy atom. The maximum Gasteiger partial charge on any atom is 0.129 e. The summed E-state index contributed by atoms with van der Waals surface area (Å²) in [5.41, 5.74) is 1.09. The van der Waals surface area contributed by atoms with Gasteiger partial charge < -0.3 is 5.32 Å². The van der Waals surface area contributed by atoms with Gasteiger partial charge in [0.05, 0.1) is 0 Å². The lowest BCUT2D eigenvalue weighted by Crippen LogP contribution is -2.04. The topological polar surface area (TPSA) is 37.8 Å². The van der Waals surface area contributed by atoms with Crippen LogP contribution in [0.3, 0.4) is 0 Å². The van der Waals surface area contributed by atoms with Crippen molar-refractivity contribution in [1.29, 1.82) is 0 Å². The molecule has 80 valence electrons. The summed E-state index contributed by atoms with van der Waals surface area (Å²) < 4.78 is 0. The Balaban J connectivity index is 2.40. The normalized spacial score (nSPS) is 9.60. The molecule has 0 saturated heterocycles. The van der Waals surface area contributed by atoms with Crippen molar-refractivity contribution in [1.82, 2.24) is 9.97 Å². The zero-order valence-corrected chi connectivity index (χ0v) is 9.16. The van der Waals surface area contributed by atoms with Crippen LogP contribution in [0, 0.1) is 12.3 Å². The molecule has 1 rings (SSSR count). The first kappa shape index (κ1) is 11.5. The summed E-state index contributed by atoms with van der Waals surface area (Å²) in [5, 5.41) is 3.23. The van der Waals surface area contributed by atoms with Gasteiger partial charge in [-0.2, -0.15) is 0 Å². The van der Waals surface area contributed by atoms with Crippen LogP contribution in [0.15, 0.2) is 12.4 Å². The highest BCUT2D eigenvalue weighted by Gasteiger charge is 1.96. The highest BCUT2D eigenvalue weighted by Crippen LogP contribution is 2.05. The van der Waals surface area contributed by atoms with Gasteiger partial charge in [-0.1, -0.05) is 13.3 Å². The molecule has 1 aromatic heterocycles. The minimum absolute atomic E-state index is 0.805. The molecule has 3 heteroatoms. The number of anilines is 1. The van der Waals surface area contributed by atoms with E-state index in [4.69, 9.17) is 6.42 Å². The Kier molecular flexibility index (Phi) is 5.24. The minimum atomic E-state index is 0.805. The number of nitrogens with zero attached hydrogens (tertiary/aromatic N) is 2. The van der Waals surface area contributed by atoms with E-state index in [0.29, 0.717) is 0 Å². The van der Waals surface area contributed by atoms with Gasteiger partial charge >= 0.3 is 0 Å². The number of nitrogens with one attached hydrogen (secondary N) is 1. The van der Waals surface area contributed by atoms with Gasteiger partial charge in [0, 0.05) is 24.7 Å². The quantitative estimate of drug-likeness (QED) is 0.569. The molecule has 0 fully saturated rings. The molecule has 1 aromatic rings. The van der Waals surface area contributed by atoms with Gasteiger partial charge in [-0.3, -0.25) is 0 Å². The molecular formula is C12H17N3. The number of aryl methyl sites for hydroxylation is 1. The van der Waals surface area contributed by atoms with Crippen LogP contribution < -0.4 is 5.32 Å². The predicted molar refractivity (Wildman–Crippen MR) is 62.6 cm³/mol. The summed E-state index contributed by atoms with van der Waals surface area (Å²) in [5.74, 6) is 3.51. The van der Waals surface area contributed by atoms with Crippen LogP contribution in [0.5, 0.6) is 0 Å². The molecule has 0 amide bonds. The smallest absolute Gasteiger partial charge is 0.129 e. The Hall–Kier alpha value is -1.56. The van der Waals surface area contributed by atoms with Crippen LogP contribution in [0.2, 0.25) is 0 Å². The zero-order chi connectivity index (χ0) is 10.9. The van der Waals surface area contributed by atoms with Crippen molar-refractivity contribution in [2.45, 2.75) is 32.6 Å². The Bertz CT molecular complexity index is 328. The van der Waals surface area contributed by atoms with Gasteiger partial charge in [0.1, 0.15) is 12.1 Å². The number of unbranched alkanes of at least 4 members (excludes halogenated alkanes) is 1. The van der Waals surface area contributed by atoms with E-state index in [2.05, 4.69) is 28.1 Å². The second kappa shape index (κ2) is 6.83. The molecule has 1 N–H and O–H groups in total. The van der Waals surface area contributed by atoms with E-state index in [0.717, 1.165) is 43.7 Å². The summed E-state index contributed by atoms with van der Waals surface area (Å²) in [4.78, 5) is 8.34. The fraction of sp³-hybridized carbons (Fsp3) is 0.500. The van der Waals surface area contributed by atoms with E-state index in [1.165, 1.54) is 0 Å². The molecule has 0 aromatic carbocycles. The predicted octanol–water partition coefficient (Wildman–Crippen LogP) is 2.25. The Morgan fingerprint density at radius 2 is 2.33 bits per heavy atom. The van der Waals surface area contributed by atoms with Gasteiger partial charge in [0.15, 0.2) is 0 Å². The van der Waals surface area contributed by atoms with E-state index in [9.17, 15) is 0 Å². The monoisotopic (exact) mass is 203 g/mol. The lowest BCUT2D eigenvalue weighted by molar-refractivity contribution is 0.864. The molecule has 0 unspecified atom stereocenters. The molecule has 0 aliphatic rings. The molecule has 0 radical (unpaired) electrons. The SMILES string of the molecule is C#CCCCNc1cc(CCC)ncn1. The molecule has 0 aliphatic carbocycles. The summed E-state index contributed by atoms with van der Waals surface area (Å²) in [6.45, 7) is 3.01. The summed E-state index contributed by atoms with van der Waals surface area (Å²) >= 11 is 0. The highest BCUT2D eigenvalue weighted by molar-refractivity contribution is 5.34. The standard InChI is InChI=1S/C12H17N3/c1-3-5-6-8-13-12-9-11(7-4-2)14-10-15-12/h1,9-10H,4-8H2,2H3,(H,13,14,15). The first-order chi connectivity index (χ1) is 7.36. The van der Waals surface area contributed by atoms with E-state index in [1.54, 1.807) is 6.33 Å². The second-order valence-corrected chi connectivity index (χ2v) is 3.38. The van der Waals surface area contributed by atoms with Crippen molar-refractivity contribution in [3.05, 3.63) is 18.1 Å². The third kappa shape index (κ3) is 4.46. The van der Waals surface area contributed by atoms with E-state index < -0.39 is 0 Å². The van der Waals surface area contributed by atoms with Crippen LogP contribution in [-0.4, -0.2) is 16.5 Å². The molecule has 15 heavy (non-hydrogen) atoms. The van der Waals surface area contributed by atoms with Crippen molar-refractivity contribution in [2.75, 3.05) is 11.9 Å². The first-order valence-electron chi connectivity index (χ1n) is 5.35. The average Bonchev–Trinajstić information content (AvgIpc) is 2.26. The number of hydrogen-bond acceptors (Lipinski definition) is 3. The van der Waals surface area contributed by atoms with E-state index >= 15 is 0 Å². The number of rotatable bonds is 6. The molecule has 1 heterocycles. The van der Waals surface area contributed by atoms with Crippen molar-refractivity contribution < 1.29 is 0 Å². The largest absolute Gasteiger partial charge is 0.370 e. The fourth-order valence-corrected chi connectivity index (χ4v) is 1.29. The third-order valence-electron chi connectivity index (χ3n) is 2.03. The minimum Gasteiger partial charge on any atom is -0.370 e.